The summed E-state index contributed by atoms with van der Waals surface area (Å²) < 4.78 is 42.3. The van der Waals surface area contributed by atoms with Crippen LogP contribution in [-0.2, 0) is 6.42 Å². The molecule has 4 rings (SSSR count). The van der Waals surface area contributed by atoms with Gasteiger partial charge in [-0.25, -0.2) is 13.2 Å². The highest BCUT2D eigenvalue weighted by Crippen LogP contribution is 2.31. The molecular formula is C23H24F3N3O4. The van der Waals surface area contributed by atoms with Crippen LogP contribution in [0, 0.1) is 23.4 Å². The number of fused-ring (bicyclic) bond motifs is 3. The maximum absolute atomic E-state index is 13.9. The van der Waals surface area contributed by atoms with Crippen LogP contribution in [0.25, 0.3) is 0 Å². The highest BCUT2D eigenvalue weighted by molar-refractivity contribution is 6.00. The second-order valence-corrected chi connectivity index (χ2v) is 8.56. The Morgan fingerprint density at radius 1 is 1.15 bits per heavy atom. The summed E-state index contributed by atoms with van der Waals surface area (Å²) in [5.41, 5.74) is -2.07. The molecule has 1 fully saturated rings. The number of amides is 1. The Balaban J connectivity index is 1.71. The van der Waals surface area contributed by atoms with Crippen LogP contribution in [0.1, 0.15) is 59.5 Å². The third-order valence-corrected chi connectivity index (χ3v) is 6.37. The summed E-state index contributed by atoms with van der Waals surface area (Å²) in [5, 5.41) is 12.4. The van der Waals surface area contributed by atoms with E-state index in [0.717, 1.165) is 6.42 Å². The normalized spacial score (nSPS) is 20.0. The predicted molar refractivity (Wildman–Crippen MR) is 113 cm³/mol. The quantitative estimate of drug-likeness (QED) is 0.690. The van der Waals surface area contributed by atoms with Gasteiger partial charge in [0.25, 0.3) is 5.91 Å². The molecule has 0 spiro atoms. The molecule has 1 amide bonds. The molecule has 0 saturated carbocycles. The Morgan fingerprint density at radius 3 is 2.45 bits per heavy atom. The van der Waals surface area contributed by atoms with Crippen LogP contribution in [-0.4, -0.2) is 45.6 Å². The first-order chi connectivity index (χ1) is 15.6. The molecule has 33 heavy (non-hydrogen) atoms. The molecule has 1 saturated heterocycles. The summed E-state index contributed by atoms with van der Waals surface area (Å²) in [7, 11) is 0. The Kier molecular flexibility index (Phi) is 5.94. The van der Waals surface area contributed by atoms with Gasteiger partial charge in [0.1, 0.15) is 23.6 Å². The lowest BCUT2D eigenvalue weighted by atomic mass is 9.96. The van der Waals surface area contributed by atoms with Gasteiger partial charge < -0.3 is 10.0 Å². The predicted octanol–water partition coefficient (Wildman–Crippen LogP) is 2.96. The van der Waals surface area contributed by atoms with Crippen molar-refractivity contribution in [3.63, 3.8) is 0 Å². The average Bonchev–Trinajstić information content (AvgIpc) is 2.75. The van der Waals surface area contributed by atoms with Crippen LogP contribution >= 0.6 is 0 Å². The second kappa shape index (κ2) is 8.57. The number of nitrogens with zero attached hydrogens (tertiary/aromatic N) is 3. The van der Waals surface area contributed by atoms with E-state index >= 15 is 0 Å². The number of Topliss-reactive ketones (excluding diaryl/α,β-unsaturated/α-hetero) is 1. The van der Waals surface area contributed by atoms with Gasteiger partial charge in [-0.15, -0.1) is 0 Å². The number of piperidine rings is 1. The number of aromatic nitrogens is 1. The van der Waals surface area contributed by atoms with Gasteiger partial charge in [0.05, 0.1) is 5.56 Å². The topological polar surface area (TPSA) is 82.9 Å². The minimum atomic E-state index is -1.12. The minimum Gasteiger partial charge on any atom is -0.502 e. The summed E-state index contributed by atoms with van der Waals surface area (Å²) >= 11 is 0. The molecule has 176 valence electrons. The fraction of sp³-hybridized carbons (Fsp3) is 0.435. The van der Waals surface area contributed by atoms with Crippen molar-refractivity contribution in [1.29, 1.82) is 0 Å². The number of carbonyl (C=O) groups is 2. The van der Waals surface area contributed by atoms with E-state index in [0.29, 0.717) is 31.6 Å². The van der Waals surface area contributed by atoms with Crippen molar-refractivity contribution < 1.29 is 27.9 Å². The van der Waals surface area contributed by atoms with Crippen molar-refractivity contribution in [3.05, 3.63) is 62.8 Å². The molecule has 1 aromatic heterocycles. The molecule has 7 nitrogen and oxygen atoms in total. The van der Waals surface area contributed by atoms with Crippen molar-refractivity contribution in [1.82, 2.24) is 9.58 Å². The van der Waals surface area contributed by atoms with Crippen molar-refractivity contribution in [2.75, 3.05) is 18.1 Å². The molecule has 2 aromatic rings. The van der Waals surface area contributed by atoms with E-state index < -0.39 is 58.7 Å². The van der Waals surface area contributed by atoms with Gasteiger partial charge in [-0.2, -0.15) is 0 Å². The van der Waals surface area contributed by atoms with Gasteiger partial charge in [0.2, 0.25) is 5.43 Å². The Hall–Kier alpha value is -3.30. The lowest BCUT2D eigenvalue weighted by Crippen LogP contribution is -2.64. The highest BCUT2D eigenvalue weighted by Gasteiger charge is 2.42. The molecule has 2 atom stereocenters. The third-order valence-electron chi connectivity index (χ3n) is 6.37. The molecule has 10 heteroatoms. The minimum absolute atomic E-state index is 0.209. The largest absolute Gasteiger partial charge is 0.502 e. The third kappa shape index (κ3) is 3.87. The molecule has 3 heterocycles. The Labute approximate surface area is 188 Å². The summed E-state index contributed by atoms with van der Waals surface area (Å²) in [6, 6.07) is 1.04. The van der Waals surface area contributed by atoms with Crippen molar-refractivity contribution in [2.45, 2.75) is 45.7 Å². The van der Waals surface area contributed by atoms with E-state index in [9.17, 15) is 32.7 Å². The smallest absolute Gasteiger partial charge is 0.278 e. The number of ketones is 1. The van der Waals surface area contributed by atoms with E-state index in [1.807, 2.05) is 18.9 Å². The van der Waals surface area contributed by atoms with Crippen LogP contribution in [0.4, 0.5) is 13.2 Å². The first-order valence-electron chi connectivity index (χ1n) is 10.9. The highest BCUT2D eigenvalue weighted by atomic mass is 19.1. The fourth-order valence-electron chi connectivity index (χ4n) is 4.66. The zero-order chi connectivity index (χ0) is 24.0. The molecule has 0 radical (unpaired) electrons. The zero-order valence-electron chi connectivity index (χ0n) is 18.3. The number of aromatic hydroxyl groups is 1. The lowest BCUT2D eigenvalue weighted by molar-refractivity contribution is 0.0507. The van der Waals surface area contributed by atoms with Gasteiger partial charge >= 0.3 is 0 Å². The van der Waals surface area contributed by atoms with Crippen molar-refractivity contribution >= 4 is 11.7 Å². The zero-order valence-corrected chi connectivity index (χ0v) is 18.3. The van der Waals surface area contributed by atoms with E-state index in [-0.39, 0.29) is 23.3 Å². The van der Waals surface area contributed by atoms with Gasteiger partial charge in [-0.05, 0) is 32.1 Å². The maximum Gasteiger partial charge on any atom is 0.278 e. The summed E-state index contributed by atoms with van der Waals surface area (Å²) in [4.78, 5) is 40.2. The van der Waals surface area contributed by atoms with Crippen molar-refractivity contribution in [3.8, 4) is 5.75 Å². The van der Waals surface area contributed by atoms with E-state index in [2.05, 4.69) is 0 Å². The Bertz CT molecular complexity index is 1170. The molecular weight excluding hydrogens is 439 g/mol. The SMILES string of the molecule is CCN1C(=O)c2c(O)c(=O)c(C(=O)CCc3c(F)cc(F)cc3F)cn2N2C[C@@H](C)CC[C@@H]12. The summed E-state index contributed by atoms with van der Waals surface area (Å²) in [6.45, 7) is 4.79. The second-order valence-electron chi connectivity index (χ2n) is 8.56. The summed E-state index contributed by atoms with van der Waals surface area (Å²) in [6.07, 6.45) is 1.70. The van der Waals surface area contributed by atoms with Gasteiger partial charge in [0.15, 0.2) is 17.2 Å². The van der Waals surface area contributed by atoms with Gasteiger partial charge in [0, 0.05) is 43.4 Å². The number of hydrogen-bond acceptors (Lipinski definition) is 5. The Morgan fingerprint density at radius 2 is 1.82 bits per heavy atom. The van der Waals surface area contributed by atoms with E-state index in [4.69, 9.17) is 0 Å². The molecule has 1 aromatic carbocycles. The number of carbonyl (C=O) groups excluding carboxylic acids is 2. The number of hydrogen-bond donors (Lipinski definition) is 1. The lowest BCUT2D eigenvalue weighted by Gasteiger charge is -2.50. The maximum atomic E-state index is 13.9. The molecule has 2 aliphatic rings. The summed E-state index contributed by atoms with van der Waals surface area (Å²) in [5.74, 6) is -5.13. The standard InChI is InChI=1S/C23H24F3N3O4/c1-3-27-19-7-4-12(2)10-28(19)29-11-15(21(31)22(32)20(29)23(27)33)18(30)6-5-14-16(25)8-13(24)9-17(14)26/h8-9,11-12,19,32H,3-7,10H2,1-2H3/t12-,19-/m0/s1. The monoisotopic (exact) mass is 463 g/mol. The number of halogens is 3. The molecule has 0 aliphatic carbocycles. The first-order valence-corrected chi connectivity index (χ1v) is 10.9. The number of rotatable bonds is 5. The number of benzene rings is 1. The molecule has 2 aliphatic heterocycles. The van der Waals surface area contributed by atoms with E-state index in [1.165, 1.54) is 10.9 Å². The van der Waals surface area contributed by atoms with Crippen LogP contribution in [0.3, 0.4) is 0 Å². The van der Waals surface area contributed by atoms with Crippen LogP contribution in [0.15, 0.2) is 23.1 Å². The van der Waals surface area contributed by atoms with Crippen LogP contribution in [0.5, 0.6) is 5.75 Å². The average molecular weight is 463 g/mol. The molecule has 0 unspecified atom stereocenters. The van der Waals surface area contributed by atoms with Gasteiger partial charge in [-0.1, -0.05) is 6.92 Å². The van der Waals surface area contributed by atoms with Crippen LogP contribution < -0.4 is 10.4 Å². The fourth-order valence-corrected chi connectivity index (χ4v) is 4.66. The van der Waals surface area contributed by atoms with Gasteiger partial charge in [-0.3, -0.25) is 24.1 Å². The number of pyridine rings is 1. The molecule has 0 bridgehead atoms. The first kappa shape index (κ1) is 22.9. The molecule has 1 N–H and O–H groups in total. The van der Waals surface area contributed by atoms with Crippen LogP contribution in [0.2, 0.25) is 0 Å². The van der Waals surface area contributed by atoms with E-state index in [1.54, 1.807) is 4.90 Å². The van der Waals surface area contributed by atoms with Crippen molar-refractivity contribution in [2.24, 2.45) is 5.92 Å².